The van der Waals surface area contributed by atoms with E-state index in [9.17, 15) is 9.59 Å². The molecule has 1 amide bonds. The number of piperazine rings is 1. The molecular weight excluding hydrogens is 366 g/mol. The molecule has 1 aliphatic rings. The first-order valence-electron chi connectivity index (χ1n) is 9.89. The number of aromatic nitrogens is 1. The molecule has 4 rings (SSSR count). The van der Waals surface area contributed by atoms with Crippen LogP contribution in [-0.4, -0.2) is 53.5 Å². The molecule has 1 fully saturated rings. The van der Waals surface area contributed by atoms with E-state index in [1.807, 2.05) is 60.4 Å². The molecule has 1 N–H and O–H groups in total. The van der Waals surface area contributed by atoms with Crippen LogP contribution >= 0.6 is 0 Å². The lowest BCUT2D eigenvalue weighted by Gasteiger charge is -2.34. The second-order valence-corrected chi connectivity index (χ2v) is 7.47. The smallest absolute Gasteiger partial charge is 0.260 e. The van der Waals surface area contributed by atoms with Gasteiger partial charge < -0.3 is 14.6 Å². The van der Waals surface area contributed by atoms with Gasteiger partial charge in [0.15, 0.2) is 6.61 Å². The van der Waals surface area contributed by atoms with Crippen molar-refractivity contribution < 1.29 is 9.53 Å². The third-order valence-electron chi connectivity index (χ3n) is 5.30. The zero-order chi connectivity index (χ0) is 20.2. The Morgan fingerprint density at radius 1 is 1.03 bits per heavy atom. The van der Waals surface area contributed by atoms with Crippen LogP contribution in [0.2, 0.25) is 0 Å². The van der Waals surface area contributed by atoms with Gasteiger partial charge in [0, 0.05) is 43.8 Å². The van der Waals surface area contributed by atoms with Crippen molar-refractivity contribution in [1.82, 2.24) is 14.8 Å². The number of rotatable bonds is 5. The number of hydrogen-bond acceptors (Lipinski definition) is 4. The molecule has 0 unspecified atom stereocenters. The Hall–Kier alpha value is -3.12. The van der Waals surface area contributed by atoms with Crippen molar-refractivity contribution in [3.05, 3.63) is 76.1 Å². The van der Waals surface area contributed by atoms with Gasteiger partial charge in [0.05, 0.1) is 0 Å². The van der Waals surface area contributed by atoms with Crippen LogP contribution in [0, 0.1) is 6.92 Å². The lowest BCUT2D eigenvalue weighted by Crippen LogP contribution is -2.49. The quantitative estimate of drug-likeness (QED) is 0.726. The average molecular weight is 391 g/mol. The van der Waals surface area contributed by atoms with Gasteiger partial charge in [-0.3, -0.25) is 14.5 Å². The summed E-state index contributed by atoms with van der Waals surface area (Å²) in [5, 5.41) is 1.05. The predicted molar refractivity (Wildman–Crippen MR) is 113 cm³/mol. The molecule has 0 atom stereocenters. The van der Waals surface area contributed by atoms with Crippen LogP contribution in [-0.2, 0) is 11.3 Å². The Balaban J connectivity index is 1.33. The number of amides is 1. The summed E-state index contributed by atoms with van der Waals surface area (Å²) >= 11 is 0. The third kappa shape index (κ3) is 4.66. The minimum atomic E-state index is -0.0453. The molecule has 0 aliphatic carbocycles. The number of para-hydroxylation sites is 1. The molecule has 3 aromatic rings. The number of benzene rings is 2. The van der Waals surface area contributed by atoms with Gasteiger partial charge in [0.1, 0.15) is 5.75 Å². The molecule has 6 heteroatoms. The van der Waals surface area contributed by atoms with E-state index >= 15 is 0 Å². The van der Waals surface area contributed by atoms with E-state index in [-0.39, 0.29) is 18.1 Å². The van der Waals surface area contributed by atoms with Crippen molar-refractivity contribution in [1.29, 1.82) is 0 Å². The lowest BCUT2D eigenvalue weighted by molar-refractivity contribution is -0.135. The number of hydrogen-bond donors (Lipinski definition) is 1. The topological polar surface area (TPSA) is 65.6 Å². The average Bonchev–Trinajstić information content (AvgIpc) is 2.74. The van der Waals surface area contributed by atoms with Crippen LogP contribution in [0.3, 0.4) is 0 Å². The number of ether oxygens (including phenoxy) is 1. The Morgan fingerprint density at radius 2 is 1.79 bits per heavy atom. The van der Waals surface area contributed by atoms with Crippen LogP contribution in [0.25, 0.3) is 10.9 Å². The van der Waals surface area contributed by atoms with Crippen LogP contribution in [0.4, 0.5) is 0 Å². The van der Waals surface area contributed by atoms with Crippen LogP contribution < -0.4 is 10.3 Å². The maximum absolute atomic E-state index is 12.4. The summed E-state index contributed by atoms with van der Waals surface area (Å²) in [5.41, 5.74) is 2.74. The van der Waals surface area contributed by atoms with Gasteiger partial charge in [0.2, 0.25) is 0 Å². The van der Waals surface area contributed by atoms with Crippen LogP contribution in [0.5, 0.6) is 5.75 Å². The highest BCUT2D eigenvalue weighted by molar-refractivity contribution is 5.79. The number of H-pyrrole nitrogens is 1. The zero-order valence-corrected chi connectivity index (χ0v) is 16.6. The summed E-state index contributed by atoms with van der Waals surface area (Å²) in [7, 11) is 0. The highest BCUT2D eigenvalue weighted by Gasteiger charge is 2.22. The Labute approximate surface area is 169 Å². The largest absolute Gasteiger partial charge is 0.484 e. The van der Waals surface area contributed by atoms with Gasteiger partial charge in [-0.2, -0.15) is 0 Å². The Morgan fingerprint density at radius 3 is 2.55 bits per heavy atom. The van der Waals surface area contributed by atoms with Crippen LogP contribution in [0.1, 0.15) is 11.1 Å². The van der Waals surface area contributed by atoms with Crippen LogP contribution in [0.15, 0.2) is 59.4 Å². The lowest BCUT2D eigenvalue weighted by atomic mass is 10.1. The molecule has 29 heavy (non-hydrogen) atoms. The normalized spacial score (nSPS) is 14.9. The Bertz CT molecular complexity index is 1050. The first-order chi connectivity index (χ1) is 14.1. The number of aryl methyl sites for hydroxylation is 1. The van der Waals surface area contributed by atoms with E-state index < -0.39 is 0 Å². The monoisotopic (exact) mass is 391 g/mol. The third-order valence-corrected chi connectivity index (χ3v) is 5.30. The van der Waals surface area contributed by atoms with Gasteiger partial charge in [-0.15, -0.1) is 0 Å². The van der Waals surface area contributed by atoms with Gasteiger partial charge in [-0.05, 0) is 42.6 Å². The van der Waals surface area contributed by atoms with E-state index in [1.54, 1.807) is 0 Å². The summed E-state index contributed by atoms with van der Waals surface area (Å²) in [5.74, 6) is 0.692. The standard InChI is InChI=1S/C23H25N3O3/c1-17-7-8-21-18(13-17)14-19(23(28)24-21)15-25-9-11-26(12-10-25)22(27)16-29-20-5-3-2-4-6-20/h2-8,13-14H,9-12,15-16H2,1H3,(H,24,28). The van der Waals surface area contributed by atoms with Gasteiger partial charge in [0.25, 0.3) is 11.5 Å². The predicted octanol–water partition coefficient (Wildman–Crippen LogP) is 2.56. The highest BCUT2D eigenvalue weighted by Crippen LogP contribution is 2.15. The van der Waals surface area contributed by atoms with Crippen molar-refractivity contribution in [2.75, 3.05) is 32.8 Å². The fourth-order valence-corrected chi connectivity index (χ4v) is 3.64. The fraction of sp³-hybridized carbons (Fsp3) is 0.304. The SMILES string of the molecule is Cc1ccc2[nH]c(=O)c(CN3CCN(C(=O)COc4ccccc4)CC3)cc2c1. The molecule has 0 spiro atoms. The molecule has 0 bridgehead atoms. The second kappa shape index (κ2) is 8.49. The van der Waals surface area contributed by atoms with Crippen molar-refractivity contribution in [3.8, 4) is 5.75 Å². The molecule has 0 radical (unpaired) electrons. The molecule has 6 nitrogen and oxygen atoms in total. The summed E-state index contributed by atoms with van der Waals surface area (Å²) in [6.07, 6.45) is 0. The van der Waals surface area contributed by atoms with E-state index in [2.05, 4.69) is 16.0 Å². The molecule has 2 aromatic carbocycles. The minimum Gasteiger partial charge on any atom is -0.484 e. The van der Waals surface area contributed by atoms with E-state index in [0.717, 1.165) is 29.6 Å². The number of pyridine rings is 1. The number of aromatic amines is 1. The summed E-state index contributed by atoms with van der Waals surface area (Å²) in [4.78, 5) is 31.8. The first-order valence-corrected chi connectivity index (χ1v) is 9.89. The number of nitrogens with zero attached hydrogens (tertiary/aromatic N) is 2. The van der Waals surface area contributed by atoms with E-state index in [4.69, 9.17) is 4.74 Å². The molecule has 1 saturated heterocycles. The van der Waals surface area contributed by atoms with Crippen molar-refractivity contribution in [2.24, 2.45) is 0 Å². The van der Waals surface area contributed by atoms with Crippen molar-refractivity contribution >= 4 is 16.8 Å². The molecular formula is C23H25N3O3. The van der Waals surface area contributed by atoms with E-state index in [1.165, 1.54) is 5.56 Å². The maximum Gasteiger partial charge on any atom is 0.260 e. The Kier molecular flexibility index (Phi) is 5.62. The molecule has 1 aliphatic heterocycles. The molecule has 1 aromatic heterocycles. The van der Waals surface area contributed by atoms with Crippen molar-refractivity contribution in [2.45, 2.75) is 13.5 Å². The van der Waals surface area contributed by atoms with Gasteiger partial charge in [-0.1, -0.05) is 29.8 Å². The summed E-state index contributed by atoms with van der Waals surface area (Å²) < 4.78 is 5.56. The van der Waals surface area contributed by atoms with Crippen molar-refractivity contribution in [3.63, 3.8) is 0 Å². The van der Waals surface area contributed by atoms with Gasteiger partial charge in [-0.25, -0.2) is 0 Å². The molecule has 0 saturated carbocycles. The molecule has 150 valence electrons. The zero-order valence-electron chi connectivity index (χ0n) is 16.6. The van der Waals surface area contributed by atoms with Gasteiger partial charge >= 0.3 is 0 Å². The summed E-state index contributed by atoms with van der Waals surface area (Å²) in [6, 6.07) is 17.4. The first kappa shape index (κ1) is 19.2. The number of carbonyl (C=O) groups excluding carboxylic acids is 1. The fourth-order valence-electron chi connectivity index (χ4n) is 3.64. The second-order valence-electron chi connectivity index (χ2n) is 7.47. The van der Waals surface area contributed by atoms with E-state index in [0.29, 0.717) is 25.4 Å². The maximum atomic E-state index is 12.4. The highest BCUT2D eigenvalue weighted by atomic mass is 16.5. The minimum absolute atomic E-state index is 0.00692. The number of carbonyl (C=O) groups is 1. The molecule has 2 heterocycles. The number of fused-ring (bicyclic) bond motifs is 1. The number of nitrogens with one attached hydrogen (secondary N) is 1. The summed E-state index contributed by atoms with van der Waals surface area (Å²) in [6.45, 7) is 5.44.